The molecule has 1 unspecified atom stereocenters. The lowest BCUT2D eigenvalue weighted by molar-refractivity contribution is 0.397. The van der Waals surface area contributed by atoms with Gasteiger partial charge in [0.25, 0.3) is 0 Å². The molecule has 0 radical (unpaired) electrons. The molecule has 1 aromatic carbocycles. The van der Waals surface area contributed by atoms with Gasteiger partial charge in [-0.25, -0.2) is 4.98 Å². The van der Waals surface area contributed by atoms with Gasteiger partial charge in [0.1, 0.15) is 22.9 Å². The van der Waals surface area contributed by atoms with Gasteiger partial charge >= 0.3 is 0 Å². The Morgan fingerprint density at radius 3 is 2.28 bits per heavy atom. The van der Waals surface area contributed by atoms with Crippen LogP contribution in [0.2, 0.25) is 0 Å². The summed E-state index contributed by atoms with van der Waals surface area (Å²) in [4.78, 5) is 4.35. The van der Waals surface area contributed by atoms with Crippen molar-refractivity contribution in [3.8, 4) is 22.9 Å². The molecular weight excluding hydrogens is 232 g/mol. The fourth-order valence-electron chi connectivity index (χ4n) is 1.66. The van der Waals surface area contributed by atoms with E-state index in [4.69, 9.17) is 15.2 Å². The van der Waals surface area contributed by atoms with Crippen LogP contribution in [0.25, 0.3) is 11.4 Å². The Kier molecular flexibility index (Phi) is 3.47. The third-order valence-corrected chi connectivity index (χ3v) is 2.59. The second-order valence-corrected chi connectivity index (χ2v) is 3.87. The first-order valence-electron chi connectivity index (χ1n) is 5.56. The molecule has 18 heavy (non-hydrogen) atoms. The van der Waals surface area contributed by atoms with Crippen molar-refractivity contribution in [3.63, 3.8) is 0 Å². The number of aromatic amines is 1. The summed E-state index contributed by atoms with van der Waals surface area (Å²) in [5.41, 5.74) is 6.46. The maximum Gasteiger partial charge on any atom is 0.188 e. The second-order valence-electron chi connectivity index (χ2n) is 3.87. The minimum atomic E-state index is -0.202. The Bertz CT molecular complexity index is 514. The molecule has 0 aliphatic rings. The van der Waals surface area contributed by atoms with Crippen LogP contribution in [0.1, 0.15) is 18.8 Å². The van der Waals surface area contributed by atoms with E-state index in [9.17, 15) is 0 Å². The molecule has 6 heteroatoms. The van der Waals surface area contributed by atoms with Gasteiger partial charge in [0, 0.05) is 0 Å². The first kappa shape index (κ1) is 12.4. The van der Waals surface area contributed by atoms with Crippen LogP contribution < -0.4 is 15.2 Å². The van der Waals surface area contributed by atoms with E-state index in [1.54, 1.807) is 14.2 Å². The van der Waals surface area contributed by atoms with Gasteiger partial charge in [-0.05, 0) is 19.1 Å². The predicted molar refractivity (Wildman–Crippen MR) is 67.5 cm³/mol. The smallest absolute Gasteiger partial charge is 0.188 e. The predicted octanol–water partition coefficient (Wildman–Crippen LogP) is 1.51. The van der Waals surface area contributed by atoms with Gasteiger partial charge in [-0.1, -0.05) is 6.07 Å². The monoisotopic (exact) mass is 248 g/mol. The highest BCUT2D eigenvalue weighted by Crippen LogP contribution is 2.36. The normalized spacial score (nSPS) is 12.2. The molecule has 0 saturated carbocycles. The molecule has 1 aromatic heterocycles. The van der Waals surface area contributed by atoms with E-state index >= 15 is 0 Å². The van der Waals surface area contributed by atoms with E-state index in [2.05, 4.69) is 15.2 Å². The SMILES string of the molecule is COc1cccc(OC)c1-c1n[nH]c(C(C)N)n1. The van der Waals surface area contributed by atoms with Gasteiger partial charge in [0.15, 0.2) is 5.82 Å². The second kappa shape index (κ2) is 5.05. The van der Waals surface area contributed by atoms with Crippen LogP contribution in [0.4, 0.5) is 0 Å². The summed E-state index contributed by atoms with van der Waals surface area (Å²) in [5, 5.41) is 6.96. The molecule has 0 aliphatic carbocycles. The van der Waals surface area contributed by atoms with Crippen LogP contribution in [0.5, 0.6) is 11.5 Å². The lowest BCUT2D eigenvalue weighted by Crippen LogP contribution is -2.06. The van der Waals surface area contributed by atoms with Crippen LogP contribution in [0.15, 0.2) is 18.2 Å². The average Bonchev–Trinajstić information content (AvgIpc) is 2.87. The van der Waals surface area contributed by atoms with Gasteiger partial charge in [0.05, 0.1) is 20.3 Å². The van der Waals surface area contributed by atoms with Crippen molar-refractivity contribution in [1.82, 2.24) is 15.2 Å². The summed E-state index contributed by atoms with van der Waals surface area (Å²) in [6.45, 7) is 1.84. The number of nitrogens with zero attached hydrogens (tertiary/aromatic N) is 2. The fourth-order valence-corrected chi connectivity index (χ4v) is 1.66. The highest BCUT2D eigenvalue weighted by Gasteiger charge is 2.17. The Balaban J connectivity index is 2.54. The molecule has 0 bridgehead atoms. The Morgan fingerprint density at radius 1 is 1.22 bits per heavy atom. The molecule has 2 aromatic rings. The van der Waals surface area contributed by atoms with Crippen molar-refractivity contribution in [2.24, 2.45) is 5.73 Å². The van der Waals surface area contributed by atoms with E-state index in [0.29, 0.717) is 28.7 Å². The van der Waals surface area contributed by atoms with Crippen molar-refractivity contribution in [2.75, 3.05) is 14.2 Å². The standard InChI is InChI=1S/C12H16N4O2/c1-7(13)11-14-12(16-15-11)10-8(17-2)5-4-6-9(10)18-3/h4-7H,13H2,1-3H3,(H,14,15,16). The molecule has 2 rings (SSSR count). The third-order valence-electron chi connectivity index (χ3n) is 2.59. The fraction of sp³-hybridized carbons (Fsp3) is 0.333. The number of aromatic nitrogens is 3. The molecule has 6 nitrogen and oxygen atoms in total. The summed E-state index contributed by atoms with van der Waals surface area (Å²) in [6.07, 6.45) is 0. The lowest BCUT2D eigenvalue weighted by atomic mass is 10.1. The number of nitrogens with one attached hydrogen (secondary N) is 1. The molecule has 0 spiro atoms. The van der Waals surface area contributed by atoms with Crippen molar-refractivity contribution in [1.29, 1.82) is 0 Å². The van der Waals surface area contributed by atoms with E-state index in [1.807, 2.05) is 25.1 Å². The van der Waals surface area contributed by atoms with Crippen molar-refractivity contribution in [3.05, 3.63) is 24.0 Å². The molecule has 1 atom stereocenters. The zero-order valence-corrected chi connectivity index (χ0v) is 10.6. The average molecular weight is 248 g/mol. The van der Waals surface area contributed by atoms with E-state index in [1.165, 1.54) is 0 Å². The zero-order valence-electron chi connectivity index (χ0n) is 10.6. The van der Waals surface area contributed by atoms with E-state index in [0.717, 1.165) is 0 Å². The van der Waals surface area contributed by atoms with Crippen molar-refractivity contribution < 1.29 is 9.47 Å². The third kappa shape index (κ3) is 2.14. The van der Waals surface area contributed by atoms with Crippen molar-refractivity contribution in [2.45, 2.75) is 13.0 Å². The molecule has 0 amide bonds. The number of H-pyrrole nitrogens is 1. The molecule has 1 heterocycles. The summed E-state index contributed by atoms with van der Waals surface area (Å²) in [7, 11) is 3.19. The van der Waals surface area contributed by atoms with Crippen LogP contribution in [-0.4, -0.2) is 29.4 Å². The van der Waals surface area contributed by atoms with Crippen molar-refractivity contribution >= 4 is 0 Å². The first-order valence-corrected chi connectivity index (χ1v) is 5.56. The number of hydrogen-bond donors (Lipinski definition) is 2. The lowest BCUT2D eigenvalue weighted by Gasteiger charge is -2.09. The van der Waals surface area contributed by atoms with Gasteiger partial charge in [-0.3, -0.25) is 5.10 Å². The van der Waals surface area contributed by atoms with Crippen LogP contribution in [0.3, 0.4) is 0 Å². The molecule has 96 valence electrons. The number of ether oxygens (including phenoxy) is 2. The van der Waals surface area contributed by atoms with Gasteiger partial charge in [-0.2, -0.15) is 5.10 Å². The molecule has 0 aliphatic heterocycles. The minimum absolute atomic E-state index is 0.202. The summed E-state index contributed by atoms with van der Waals surface area (Å²) < 4.78 is 10.6. The molecular formula is C12H16N4O2. The number of benzene rings is 1. The minimum Gasteiger partial charge on any atom is -0.496 e. The van der Waals surface area contributed by atoms with Gasteiger partial charge in [0.2, 0.25) is 0 Å². The Hall–Kier alpha value is -2.08. The largest absolute Gasteiger partial charge is 0.496 e. The maximum atomic E-state index is 5.75. The summed E-state index contributed by atoms with van der Waals surface area (Å²) in [5.74, 6) is 2.45. The van der Waals surface area contributed by atoms with Crippen LogP contribution in [-0.2, 0) is 0 Å². The highest BCUT2D eigenvalue weighted by molar-refractivity contribution is 5.71. The summed E-state index contributed by atoms with van der Waals surface area (Å²) >= 11 is 0. The Morgan fingerprint density at radius 2 is 1.83 bits per heavy atom. The zero-order chi connectivity index (χ0) is 13.1. The number of hydrogen-bond acceptors (Lipinski definition) is 5. The maximum absolute atomic E-state index is 5.75. The van der Waals surface area contributed by atoms with Crippen LogP contribution >= 0.6 is 0 Å². The highest BCUT2D eigenvalue weighted by atomic mass is 16.5. The van der Waals surface area contributed by atoms with E-state index < -0.39 is 0 Å². The molecule has 0 saturated heterocycles. The topological polar surface area (TPSA) is 86.0 Å². The molecule has 3 N–H and O–H groups in total. The summed E-state index contributed by atoms with van der Waals surface area (Å²) in [6, 6.07) is 5.31. The number of rotatable bonds is 4. The van der Waals surface area contributed by atoms with Crippen LogP contribution in [0, 0.1) is 0 Å². The van der Waals surface area contributed by atoms with Gasteiger partial charge < -0.3 is 15.2 Å². The Labute approximate surface area is 105 Å². The quantitative estimate of drug-likeness (QED) is 0.856. The van der Waals surface area contributed by atoms with Gasteiger partial charge in [-0.15, -0.1) is 0 Å². The first-order chi connectivity index (χ1) is 8.67. The molecule has 0 fully saturated rings. The number of methoxy groups -OCH3 is 2. The van der Waals surface area contributed by atoms with E-state index in [-0.39, 0.29) is 6.04 Å². The number of nitrogens with two attached hydrogens (primary N) is 1.